The van der Waals surface area contributed by atoms with Gasteiger partial charge >= 0.3 is 0 Å². The van der Waals surface area contributed by atoms with Crippen LogP contribution in [0.3, 0.4) is 0 Å². The molecule has 17 heavy (non-hydrogen) atoms. The number of benzene rings is 2. The maximum absolute atomic E-state index is 13.9. The maximum atomic E-state index is 13.9. The highest BCUT2D eigenvalue weighted by molar-refractivity contribution is 5.64. The van der Waals surface area contributed by atoms with Gasteiger partial charge in [0.1, 0.15) is 5.82 Å². The Hall–Kier alpha value is -1.63. The van der Waals surface area contributed by atoms with Crippen LogP contribution in [-0.4, -0.2) is 0 Å². The van der Waals surface area contributed by atoms with Crippen molar-refractivity contribution in [1.82, 2.24) is 0 Å². The molecule has 0 unspecified atom stereocenters. The van der Waals surface area contributed by atoms with Crippen LogP contribution in [0.25, 0.3) is 11.1 Å². The van der Waals surface area contributed by atoms with E-state index in [1.54, 1.807) is 6.07 Å². The molecule has 2 rings (SSSR count). The summed E-state index contributed by atoms with van der Waals surface area (Å²) in [6, 6.07) is 13.6. The minimum Gasteiger partial charge on any atom is -0.207 e. The van der Waals surface area contributed by atoms with Gasteiger partial charge in [0.05, 0.1) is 0 Å². The van der Waals surface area contributed by atoms with E-state index in [4.69, 9.17) is 0 Å². The molecule has 0 heterocycles. The lowest BCUT2D eigenvalue weighted by atomic mass is 9.97. The minimum atomic E-state index is -0.113. The molecule has 0 radical (unpaired) electrons. The summed E-state index contributed by atoms with van der Waals surface area (Å²) in [7, 11) is 0. The Kier molecular flexibility index (Phi) is 3.28. The van der Waals surface area contributed by atoms with Crippen molar-refractivity contribution in [2.75, 3.05) is 0 Å². The second kappa shape index (κ2) is 4.70. The molecule has 0 N–H and O–H groups in total. The normalized spacial score (nSPS) is 10.9. The van der Waals surface area contributed by atoms with Crippen LogP contribution in [0.5, 0.6) is 0 Å². The van der Waals surface area contributed by atoms with Crippen molar-refractivity contribution in [1.29, 1.82) is 0 Å². The fraction of sp³-hybridized carbons (Fsp3) is 0.250. The summed E-state index contributed by atoms with van der Waals surface area (Å²) in [6.45, 7) is 6.06. The molecule has 0 atom stereocenters. The van der Waals surface area contributed by atoms with E-state index >= 15 is 0 Å². The SMILES string of the molecule is Cc1ccc(-c2ccc(C(C)C)c(F)c2)cc1. The van der Waals surface area contributed by atoms with Crippen LogP contribution in [-0.2, 0) is 0 Å². The highest BCUT2D eigenvalue weighted by Gasteiger charge is 2.07. The van der Waals surface area contributed by atoms with Gasteiger partial charge in [0.25, 0.3) is 0 Å². The highest BCUT2D eigenvalue weighted by atomic mass is 19.1. The molecule has 88 valence electrons. The average Bonchev–Trinajstić information content (AvgIpc) is 2.29. The lowest BCUT2D eigenvalue weighted by Gasteiger charge is -2.09. The lowest BCUT2D eigenvalue weighted by Crippen LogP contribution is -1.93. The first-order chi connectivity index (χ1) is 8.08. The van der Waals surface area contributed by atoms with Gasteiger partial charge in [-0.25, -0.2) is 4.39 Å². The van der Waals surface area contributed by atoms with Crippen LogP contribution in [0, 0.1) is 12.7 Å². The molecule has 0 aliphatic carbocycles. The third-order valence-electron chi connectivity index (χ3n) is 3.01. The highest BCUT2D eigenvalue weighted by Crippen LogP contribution is 2.25. The summed E-state index contributed by atoms with van der Waals surface area (Å²) in [5.41, 5.74) is 3.99. The Morgan fingerprint density at radius 1 is 0.882 bits per heavy atom. The first-order valence-electron chi connectivity index (χ1n) is 5.94. The Bertz CT molecular complexity index is 510. The lowest BCUT2D eigenvalue weighted by molar-refractivity contribution is 0.599. The van der Waals surface area contributed by atoms with Gasteiger partial charge in [-0.15, -0.1) is 0 Å². The molecule has 1 heteroatoms. The van der Waals surface area contributed by atoms with Gasteiger partial charge in [-0.3, -0.25) is 0 Å². The third-order valence-corrected chi connectivity index (χ3v) is 3.01. The standard InChI is InChI=1S/C16H17F/c1-11(2)15-9-8-14(10-16(15)17)13-6-4-12(3)5-7-13/h4-11H,1-3H3. The Morgan fingerprint density at radius 2 is 1.47 bits per heavy atom. The van der Waals surface area contributed by atoms with E-state index in [0.717, 1.165) is 16.7 Å². The zero-order chi connectivity index (χ0) is 12.4. The van der Waals surface area contributed by atoms with Gasteiger partial charge in [-0.2, -0.15) is 0 Å². The second-order valence-corrected chi connectivity index (χ2v) is 4.76. The van der Waals surface area contributed by atoms with Crippen molar-refractivity contribution in [2.45, 2.75) is 26.7 Å². The molecular formula is C16H17F. The molecule has 0 nitrogen and oxygen atoms in total. The predicted molar refractivity (Wildman–Crippen MR) is 70.7 cm³/mol. The van der Waals surface area contributed by atoms with E-state index in [0.29, 0.717) is 0 Å². The van der Waals surface area contributed by atoms with Crippen molar-refractivity contribution in [3.63, 3.8) is 0 Å². The van der Waals surface area contributed by atoms with Gasteiger partial charge in [0, 0.05) is 0 Å². The van der Waals surface area contributed by atoms with Gasteiger partial charge in [0.2, 0.25) is 0 Å². The quantitative estimate of drug-likeness (QED) is 0.684. The molecule has 0 fully saturated rings. The van der Waals surface area contributed by atoms with Crippen molar-refractivity contribution < 1.29 is 4.39 Å². The van der Waals surface area contributed by atoms with Crippen LogP contribution in [0.1, 0.15) is 30.9 Å². The summed E-state index contributed by atoms with van der Waals surface area (Å²) in [5.74, 6) is 0.111. The first-order valence-corrected chi connectivity index (χ1v) is 5.94. The molecule has 0 saturated carbocycles. The van der Waals surface area contributed by atoms with Crippen LogP contribution < -0.4 is 0 Å². The predicted octanol–water partition coefficient (Wildman–Crippen LogP) is 4.92. The van der Waals surface area contributed by atoms with Crippen LogP contribution in [0.2, 0.25) is 0 Å². The van der Waals surface area contributed by atoms with Gasteiger partial charge in [-0.1, -0.05) is 55.8 Å². The fourth-order valence-electron chi connectivity index (χ4n) is 1.92. The number of hydrogen-bond donors (Lipinski definition) is 0. The van der Waals surface area contributed by atoms with Crippen LogP contribution >= 0.6 is 0 Å². The molecule has 2 aromatic rings. The van der Waals surface area contributed by atoms with E-state index in [2.05, 4.69) is 0 Å². The van der Waals surface area contributed by atoms with Crippen molar-refractivity contribution in [2.24, 2.45) is 0 Å². The average molecular weight is 228 g/mol. The topological polar surface area (TPSA) is 0 Å². The maximum Gasteiger partial charge on any atom is 0.127 e. The third kappa shape index (κ3) is 2.55. The second-order valence-electron chi connectivity index (χ2n) is 4.76. The van der Waals surface area contributed by atoms with Gasteiger partial charge < -0.3 is 0 Å². The molecule has 0 bridgehead atoms. The van der Waals surface area contributed by atoms with E-state index in [1.165, 1.54) is 5.56 Å². The van der Waals surface area contributed by atoms with Gasteiger partial charge in [-0.05, 0) is 35.6 Å². The van der Waals surface area contributed by atoms with E-state index in [1.807, 2.05) is 57.2 Å². The number of aryl methyl sites for hydroxylation is 1. The molecule has 0 aliphatic rings. The fourth-order valence-corrected chi connectivity index (χ4v) is 1.92. The molecule has 0 aliphatic heterocycles. The van der Waals surface area contributed by atoms with Crippen LogP contribution in [0.15, 0.2) is 42.5 Å². The summed E-state index contributed by atoms with van der Waals surface area (Å²) in [5, 5.41) is 0. The summed E-state index contributed by atoms with van der Waals surface area (Å²) < 4.78 is 13.9. The monoisotopic (exact) mass is 228 g/mol. The Balaban J connectivity index is 2.41. The number of halogens is 1. The van der Waals surface area contributed by atoms with Crippen molar-refractivity contribution in [3.05, 3.63) is 59.4 Å². The zero-order valence-corrected chi connectivity index (χ0v) is 10.5. The van der Waals surface area contributed by atoms with Crippen molar-refractivity contribution >= 4 is 0 Å². The van der Waals surface area contributed by atoms with Crippen molar-refractivity contribution in [3.8, 4) is 11.1 Å². The summed E-state index contributed by atoms with van der Waals surface area (Å²) in [4.78, 5) is 0. The molecule has 0 aromatic heterocycles. The summed E-state index contributed by atoms with van der Waals surface area (Å²) >= 11 is 0. The number of hydrogen-bond acceptors (Lipinski definition) is 0. The van der Waals surface area contributed by atoms with Gasteiger partial charge in [0.15, 0.2) is 0 Å². The first kappa shape index (κ1) is 11.8. The molecular weight excluding hydrogens is 211 g/mol. The Labute approximate surface area is 102 Å². The minimum absolute atomic E-state index is 0.113. The molecule has 0 spiro atoms. The number of rotatable bonds is 2. The molecule has 2 aromatic carbocycles. The molecule has 0 amide bonds. The Morgan fingerprint density at radius 3 is 2.00 bits per heavy atom. The zero-order valence-electron chi connectivity index (χ0n) is 10.5. The smallest absolute Gasteiger partial charge is 0.127 e. The van der Waals surface area contributed by atoms with E-state index in [9.17, 15) is 4.39 Å². The largest absolute Gasteiger partial charge is 0.207 e. The summed E-state index contributed by atoms with van der Waals surface area (Å²) in [6.07, 6.45) is 0. The van der Waals surface area contributed by atoms with E-state index < -0.39 is 0 Å². The molecule has 0 saturated heterocycles. The van der Waals surface area contributed by atoms with Crippen LogP contribution in [0.4, 0.5) is 4.39 Å². The van der Waals surface area contributed by atoms with E-state index in [-0.39, 0.29) is 11.7 Å².